The zero-order valence-corrected chi connectivity index (χ0v) is 12.8. The lowest BCUT2D eigenvalue weighted by Gasteiger charge is -2.24. The molecule has 1 aromatic heterocycles. The lowest BCUT2D eigenvalue weighted by atomic mass is 10.1. The van der Waals surface area contributed by atoms with Crippen molar-refractivity contribution < 1.29 is 13.2 Å². The van der Waals surface area contributed by atoms with Gasteiger partial charge in [-0.2, -0.15) is 12.7 Å². The molecule has 1 saturated heterocycles. The average Bonchev–Trinajstić information content (AvgIpc) is 2.87. The first kappa shape index (κ1) is 15.9. The Labute approximate surface area is 124 Å². The third-order valence-electron chi connectivity index (χ3n) is 3.44. The van der Waals surface area contributed by atoms with Crippen molar-refractivity contribution in [3.63, 3.8) is 0 Å². The second-order valence-corrected chi connectivity index (χ2v) is 6.78. The summed E-state index contributed by atoms with van der Waals surface area (Å²) in [6.07, 6.45) is 8.09. The van der Waals surface area contributed by atoms with E-state index in [1.807, 2.05) is 0 Å². The van der Waals surface area contributed by atoms with Crippen LogP contribution < -0.4 is 4.72 Å². The van der Waals surface area contributed by atoms with Gasteiger partial charge in [0.1, 0.15) is 0 Å². The molecule has 1 aliphatic rings. The fourth-order valence-corrected chi connectivity index (χ4v) is 3.54. The first-order valence-electron chi connectivity index (χ1n) is 7.23. The van der Waals surface area contributed by atoms with Crippen LogP contribution >= 0.6 is 0 Å². The Hall–Kier alpha value is -1.48. The molecule has 0 aliphatic carbocycles. The minimum absolute atomic E-state index is 0.0520. The second-order valence-electron chi connectivity index (χ2n) is 5.11. The molecule has 0 bridgehead atoms. The number of nitrogens with zero attached hydrogens (tertiary/aromatic N) is 4. The number of aryl methyl sites for hydroxylation is 1. The van der Waals surface area contributed by atoms with Gasteiger partial charge in [-0.15, -0.1) is 5.10 Å². The number of aromatic nitrogens is 3. The highest BCUT2D eigenvalue weighted by Crippen LogP contribution is 2.12. The van der Waals surface area contributed by atoms with E-state index in [9.17, 15) is 13.2 Å². The van der Waals surface area contributed by atoms with Crippen LogP contribution in [0, 0.1) is 0 Å². The summed E-state index contributed by atoms with van der Waals surface area (Å²) in [5, 5.41) is 7.35. The molecule has 0 atom stereocenters. The number of nitrogens with one attached hydrogen (secondary N) is 1. The van der Waals surface area contributed by atoms with Crippen LogP contribution in [-0.2, 0) is 21.5 Å². The molecule has 0 spiro atoms. The Morgan fingerprint density at radius 2 is 1.81 bits per heavy atom. The highest BCUT2D eigenvalue weighted by molar-refractivity contribution is 7.87. The summed E-state index contributed by atoms with van der Waals surface area (Å²) in [6, 6.07) is 0. The summed E-state index contributed by atoms with van der Waals surface area (Å²) in [5.74, 6) is -0.521. The summed E-state index contributed by atoms with van der Waals surface area (Å²) in [4.78, 5) is 11.8. The maximum atomic E-state index is 12.2. The molecule has 1 N–H and O–H groups in total. The van der Waals surface area contributed by atoms with Gasteiger partial charge in [0.25, 0.3) is 0 Å². The molecule has 0 aromatic carbocycles. The minimum atomic E-state index is -3.72. The van der Waals surface area contributed by atoms with Crippen molar-refractivity contribution in [1.82, 2.24) is 24.0 Å². The summed E-state index contributed by atoms with van der Waals surface area (Å²) in [6.45, 7) is 1.26. The van der Waals surface area contributed by atoms with Crippen molar-refractivity contribution in [3.05, 3.63) is 12.4 Å². The molecular formula is C12H21N5O3S. The van der Waals surface area contributed by atoms with Gasteiger partial charge in [-0.25, -0.2) is 4.72 Å². The Kier molecular flexibility index (Phi) is 5.68. The van der Waals surface area contributed by atoms with Crippen LogP contribution in [0.1, 0.15) is 38.5 Å². The fourth-order valence-electron chi connectivity index (χ4n) is 2.29. The molecule has 1 fully saturated rings. The molecular weight excluding hydrogens is 294 g/mol. The molecule has 2 heterocycles. The van der Waals surface area contributed by atoms with Crippen LogP contribution in [0.5, 0.6) is 0 Å². The van der Waals surface area contributed by atoms with Gasteiger partial charge >= 0.3 is 10.2 Å². The van der Waals surface area contributed by atoms with Crippen LogP contribution in [0.2, 0.25) is 0 Å². The van der Waals surface area contributed by atoms with Crippen LogP contribution in [-0.4, -0.2) is 46.7 Å². The fraction of sp³-hybridized carbons (Fsp3) is 0.750. The Balaban J connectivity index is 1.85. The summed E-state index contributed by atoms with van der Waals surface area (Å²) < 4.78 is 29.4. The van der Waals surface area contributed by atoms with E-state index in [4.69, 9.17) is 0 Å². The molecule has 118 valence electrons. The molecule has 2 rings (SSSR count). The number of hydrogen-bond donors (Lipinski definition) is 1. The van der Waals surface area contributed by atoms with Gasteiger partial charge in [0.15, 0.2) is 0 Å². The van der Waals surface area contributed by atoms with Crippen LogP contribution in [0.15, 0.2) is 12.4 Å². The first-order valence-corrected chi connectivity index (χ1v) is 8.67. The van der Waals surface area contributed by atoms with Crippen molar-refractivity contribution in [2.45, 2.75) is 45.1 Å². The zero-order chi connectivity index (χ0) is 15.1. The van der Waals surface area contributed by atoms with Crippen LogP contribution in [0.3, 0.4) is 0 Å². The minimum Gasteiger partial charge on any atom is -0.274 e. The van der Waals surface area contributed by atoms with E-state index in [0.717, 1.165) is 32.1 Å². The molecule has 1 amide bonds. The van der Waals surface area contributed by atoms with E-state index < -0.39 is 16.1 Å². The van der Waals surface area contributed by atoms with Gasteiger partial charge < -0.3 is 0 Å². The van der Waals surface area contributed by atoms with Crippen molar-refractivity contribution in [3.8, 4) is 0 Å². The Bertz CT molecular complexity index is 535. The second kappa shape index (κ2) is 7.51. The van der Waals surface area contributed by atoms with Crippen molar-refractivity contribution in [2.75, 3.05) is 13.1 Å². The Morgan fingerprint density at radius 1 is 1.14 bits per heavy atom. The van der Waals surface area contributed by atoms with Gasteiger partial charge in [0.2, 0.25) is 5.91 Å². The highest BCUT2D eigenvalue weighted by Gasteiger charge is 2.24. The van der Waals surface area contributed by atoms with E-state index in [1.54, 1.807) is 6.20 Å². The van der Waals surface area contributed by atoms with Gasteiger partial charge in [-0.3, -0.25) is 9.48 Å². The molecule has 1 aromatic rings. The van der Waals surface area contributed by atoms with Crippen molar-refractivity contribution >= 4 is 16.1 Å². The first-order chi connectivity index (χ1) is 10.1. The summed E-state index contributed by atoms with van der Waals surface area (Å²) in [7, 11) is -3.72. The highest BCUT2D eigenvalue weighted by atomic mass is 32.2. The quantitative estimate of drug-likeness (QED) is 0.842. The van der Waals surface area contributed by atoms with Crippen LogP contribution in [0.4, 0.5) is 0 Å². The standard InChI is InChI=1S/C12H21N5O3S/c18-12(6-10-16-11-7-13-15-16)14-21(19,20)17-8-4-2-1-3-5-9-17/h7,11H,1-6,8-10H2,(H,14,18). The SMILES string of the molecule is O=C(CCn1ccnn1)NS(=O)(=O)N1CCCCCCC1. The molecule has 0 saturated carbocycles. The van der Waals surface area contributed by atoms with E-state index >= 15 is 0 Å². The topological polar surface area (TPSA) is 97.2 Å². The number of hydrogen-bond acceptors (Lipinski definition) is 5. The van der Waals surface area contributed by atoms with Gasteiger partial charge in [0, 0.05) is 25.7 Å². The molecule has 1 aliphatic heterocycles. The normalized spacial score (nSPS) is 17.9. The average molecular weight is 315 g/mol. The summed E-state index contributed by atoms with van der Waals surface area (Å²) >= 11 is 0. The molecule has 21 heavy (non-hydrogen) atoms. The predicted octanol–water partition coefficient (Wildman–Crippen LogP) is 0.295. The van der Waals surface area contributed by atoms with E-state index in [1.165, 1.54) is 15.2 Å². The van der Waals surface area contributed by atoms with Crippen molar-refractivity contribution in [1.29, 1.82) is 0 Å². The van der Waals surface area contributed by atoms with Gasteiger partial charge in [0.05, 0.1) is 12.7 Å². The largest absolute Gasteiger partial charge is 0.303 e. The predicted molar refractivity (Wildman–Crippen MR) is 76.4 cm³/mol. The van der Waals surface area contributed by atoms with Gasteiger partial charge in [-0.05, 0) is 12.8 Å². The Morgan fingerprint density at radius 3 is 2.43 bits per heavy atom. The number of rotatable bonds is 5. The monoisotopic (exact) mass is 315 g/mol. The van der Waals surface area contributed by atoms with E-state index in [2.05, 4.69) is 15.0 Å². The summed E-state index contributed by atoms with van der Waals surface area (Å²) in [5.41, 5.74) is 0. The van der Waals surface area contributed by atoms with E-state index in [0.29, 0.717) is 19.6 Å². The zero-order valence-electron chi connectivity index (χ0n) is 11.9. The molecule has 8 nitrogen and oxygen atoms in total. The lowest BCUT2D eigenvalue weighted by molar-refractivity contribution is -0.119. The smallest absolute Gasteiger partial charge is 0.274 e. The maximum absolute atomic E-state index is 12.2. The van der Waals surface area contributed by atoms with Crippen LogP contribution in [0.25, 0.3) is 0 Å². The number of amides is 1. The number of carbonyl (C=O) groups excluding carboxylic acids is 1. The molecule has 0 radical (unpaired) electrons. The van der Waals surface area contributed by atoms with Crippen molar-refractivity contribution in [2.24, 2.45) is 0 Å². The lowest BCUT2D eigenvalue weighted by Crippen LogP contribution is -2.44. The molecule has 9 heteroatoms. The number of carbonyl (C=O) groups is 1. The maximum Gasteiger partial charge on any atom is 0.303 e. The van der Waals surface area contributed by atoms with E-state index in [-0.39, 0.29) is 6.42 Å². The third kappa shape index (κ3) is 5.09. The molecule has 0 unspecified atom stereocenters. The third-order valence-corrected chi connectivity index (χ3v) is 4.97. The van der Waals surface area contributed by atoms with Gasteiger partial charge in [-0.1, -0.05) is 24.5 Å².